The molecular weight excluding hydrogens is 300 g/mol. The Hall–Kier alpha value is -1.55. The summed E-state index contributed by atoms with van der Waals surface area (Å²) in [5.41, 5.74) is 1.30. The number of carbonyl (C=O) groups excluding carboxylic acids is 1. The maximum atomic E-state index is 12.5. The molecule has 4 nitrogen and oxygen atoms in total. The van der Waals surface area contributed by atoms with Gasteiger partial charge in [0.2, 0.25) is 5.91 Å². The SMILES string of the molecule is COc1ccc(C2CCCCCN2CC(=O)NC2CCCC2)cc1. The van der Waals surface area contributed by atoms with Crippen molar-refractivity contribution in [2.24, 2.45) is 0 Å². The highest BCUT2D eigenvalue weighted by atomic mass is 16.5. The first-order chi connectivity index (χ1) is 11.8. The first-order valence-electron chi connectivity index (χ1n) is 9.43. The fourth-order valence-corrected chi connectivity index (χ4v) is 4.09. The number of nitrogens with zero attached hydrogens (tertiary/aromatic N) is 1. The highest BCUT2D eigenvalue weighted by Crippen LogP contribution is 2.31. The van der Waals surface area contributed by atoms with Crippen LogP contribution in [-0.2, 0) is 4.79 Å². The lowest BCUT2D eigenvalue weighted by molar-refractivity contribution is -0.123. The van der Waals surface area contributed by atoms with Crippen molar-refractivity contribution in [3.63, 3.8) is 0 Å². The number of nitrogens with one attached hydrogen (secondary N) is 1. The molecule has 4 heteroatoms. The summed E-state index contributed by atoms with van der Waals surface area (Å²) in [6.07, 6.45) is 9.60. The van der Waals surface area contributed by atoms with E-state index in [-0.39, 0.29) is 5.91 Å². The van der Waals surface area contributed by atoms with E-state index < -0.39 is 0 Å². The number of benzene rings is 1. The molecule has 1 heterocycles. The van der Waals surface area contributed by atoms with E-state index in [1.165, 1.54) is 37.7 Å². The van der Waals surface area contributed by atoms with Crippen molar-refractivity contribution < 1.29 is 9.53 Å². The van der Waals surface area contributed by atoms with Crippen LogP contribution in [0.25, 0.3) is 0 Å². The minimum atomic E-state index is 0.197. The van der Waals surface area contributed by atoms with Gasteiger partial charge in [-0.05, 0) is 49.9 Å². The van der Waals surface area contributed by atoms with Crippen LogP contribution in [0.4, 0.5) is 0 Å². The van der Waals surface area contributed by atoms with E-state index in [9.17, 15) is 4.79 Å². The number of amides is 1. The van der Waals surface area contributed by atoms with Crippen molar-refractivity contribution >= 4 is 5.91 Å². The minimum Gasteiger partial charge on any atom is -0.497 e. The lowest BCUT2D eigenvalue weighted by Crippen LogP contribution is -2.42. The molecule has 1 aromatic carbocycles. The molecule has 1 aromatic rings. The number of carbonyl (C=O) groups is 1. The minimum absolute atomic E-state index is 0.197. The zero-order valence-electron chi connectivity index (χ0n) is 14.8. The lowest BCUT2D eigenvalue weighted by atomic mass is 10.0. The van der Waals surface area contributed by atoms with Crippen molar-refractivity contribution in [2.45, 2.75) is 63.5 Å². The Morgan fingerprint density at radius 2 is 1.79 bits per heavy atom. The summed E-state index contributed by atoms with van der Waals surface area (Å²) in [7, 11) is 1.69. The van der Waals surface area contributed by atoms with Crippen LogP contribution in [-0.4, -0.2) is 37.0 Å². The van der Waals surface area contributed by atoms with Gasteiger partial charge in [-0.3, -0.25) is 9.69 Å². The van der Waals surface area contributed by atoms with E-state index in [0.29, 0.717) is 18.6 Å². The molecule has 0 spiro atoms. The number of hydrogen-bond acceptors (Lipinski definition) is 3. The predicted octanol–water partition coefficient (Wildman–Crippen LogP) is 3.67. The molecule has 1 N–H and O–H groups in total. The monoisotopic (exact) mass is 330 g/mol. The van der Waals surface area contributed by atoms with Crippen molar-refractivity contribution in [2.75, 3.05) is 20.2 Å². The molecule has 1 saturated carbocycles. The van der Waals surface area contributed by atoms with Crippen LogP contribution < -0.4 is 10.1 Å². The normalized spacial score (nSPS) is 23.0. The average molecular weight is 330 g/mol. The predicted molar refractivity (Wildman–Crippen MR) is 96.2 cm³/mol. The van der Waals surface area contributed by atoms with Gasteiger partial charge in [-0.1, -0.05) is 37.8 Å². The summed E-state index contributed by atoms with van der Waals surface area (Å²) in [6.45, 7) is 1.53. The van der Waals surface area contributed by atoms with Crippen molar-refractivity contribution in [1.82, 2.24) is 10.2 Å². The van der Waals surface area contributed by atoms with Crippen LogP contribution in [0, 0.1) is 0 Å². The second-order valence-electron chi connectivity index (χ2n) is 7.16. The highest BCUT2D eigenvalue weighted by Gasteiger charge is 2.25. The molecular formula is C20H30N2O2. The second-order valence-corrected chi connectivity index (χ2v) is 7.16. The Kier molecular flexibility index (Phi) is 6.13. The van der Waals surface area contributed by atoms with Gasteiger partial charge in [-0.25, -0.2) is 0 Å². The van der Waals surface area contributed by atoms with Crippen LogP contribution in [0.15, 0.2) is 24.3 Å². The summed E-state index contributed by atoms with van der Waals surface area (Å²) in [4.78, 5) is 14.9. The standard InChI is InChI=1S/C20H30N2O2/c1-24-18-12-10-16(11-13-18)19-9-3-2-6-14-22(19)15-20(23)21-17-7-4-5-8-17/h10-13,17,19H,2-9,14-15H2,1H3,(H,21,23). The smallest absolute Gasteiger partial charge is 0.234 e. The van der Waals surface area contributed by atoms with Crippen LogP contribution >= 0.6 is 0 Å². The molecule has 0 aromatic heterocycles. The van der Waals surface area contributed by atoms with Crippen LogP contribution in [0.1, 0.15) is 63.0 Å². The first kappa shape index (κ1) is 17.3. The summed E-state index contributed by atoms with van der Waals surface area (Å²) in [5.74, 6) is 1.08. The number of ether oxygens (including phenoxy) is 1. The van der Waals surface area contributed by atoms with Crippen molar-refractivity contribution in [3.8, 4) is 5.75 Å². The molecule has 1 atom stereocenters. The number of rotatable bonds is 5. The largest absolute Gasteiger partial charge is 0.497 e. The quantitative estimate of drug-likeness (QED) is 0.895. The van der Waals surface area contributed by atoms with Crippen molar-refractivity contribution in [1.29, 1.82) is 0 Å². The van der Waals surface area contributed by atoms with Crippen molar-refractivity contribution in [3.05, 3.63) is 29.8 Å². The molecule has 1 unspecified atom stereocenters. The van der Waals surface area contributed by atoms with Crippen LogP contribution in [0.5, 0.6) is 5.75 Å². The third-order valence-electron chi connectivity index (χ3n) is 5.43. The van der Waals surface area contributed by atoms with Gasteiger partial charge in [0, 0.05) is 12.1 Å². The van der Waals surface area contributed by atoms with E-state index in [1.807, 2.05) is 12.1 Å². The maximum absolute atomic E-state index is 12.5. The van der Waals surface area contributed by atoms with Gasteiger partial charge in [0.15, 0.2) is 0 Å². The molecule has 3 rings (SSSR count). The van der Waals surface area contributed by atoms with Gasteiger partial charge in [0.05, 0.1) is 13.7 Å². The van der Waals surface area contributed by atoms with Crippen LogP contribution in [0.2, 0.25) is 0 Å². The average Bonchev–Trinajstić information content (AvgIpc) is 3.00. The Balaban J connectivity index is 1.65. The molecule has 1 saturated heterocycles. The fraction of sp³-hybridized carbons (Fsp3) is 0.650. The number of hydrogen-bond donors (Lipinski definition) is 1. The summed E-state index contributed by atoms with van der Waals surface area (Å²) >= 11 is 0. The van der Waals surface area contributed by atoms with E-state index in [0.717, 1.165) is 31.6 Å². The molecule has 1 aliphatic carbocycles. The highest BCUT2D eigenvalue weighted by molar-refractivity contribution is 5.78. The zero-order valence-corrected chi connectivity index (χ0v) is 14.8. The van der Waals surface area contributed by atoms with Gasteiger partial charge >= 0.3 is 0 Å². The molecule has 1 amide bonds. The van der Waals surface area contributed by atoms with Gasteiger partial charge < -0.3 is 10.1 Å². The molecule has 0 radical (unpaired) electrons. The second kappa shape index (κ2) is 8.52. The van der Waals surface area contributed by atoms with E-state index in [2.05, 4.69) is 22.3 Å². The van der Waals surface area contributed by atoms with Gasteiger partial charge in [-0.15, -0.1) is 0 Å². The summed E-state index contributed by atoms with van der Waals surface area (Å²) in [5, 5.41) is 3.24. The number of methoxy groups -OCH3 is 1. The fourth-order valence-electron chi connectivity index (χ4n) is 4.09. The van der Waals surface area contributed by atoms with Gasteiger partial charge in [-0.2, -0.15) is 0 Å². The Morgan fingerprint density at radius 1 is 1.08 bits per heavy atom. The number of likely N-dealkylation sites (tertiary alicyclic amines) is 1. The first-order valence-corrected chi connectivity index (χ1v) is 9.43. The van der Waals surface area contributed by atoms with E-state index in [4.69, 9.17) is 4.74 Å². The Morgan fingerprint density at radius 3 is 2.50 bits per heavy atom. The Labute approximate surface area is 145 Å². The van der Waals surface area contributed by atoms with E-state index >= 15 is 0 Å². The molecule has 0 bridgehead atoms. The topological polar surface area (TPSA) is 41.6 Å². The third kappa shape index (κ3) is 4.50. The van der Waals surface area contributed by atoms with Crippen LogP contribution in [0.3, 0.4) is 0 Å². The molecule has 24 heavy (non-hydrogen) atoms. The molecule has 2 aliphatic rings. The van der Waals surface area contributed by atoms with E-state index in [1.54, 1.807) is 7.11 Å². The van der Waals surface area contributed by atoms with Gasteiger partial charge in [0.25, 0.3) is 0 Å². The third-order valence-corrected chi connectivity index (χ3v) is 5.43. The lowest BCUT2D eigenvalue weighted by Gasteiger charge is -2.30. The molecule has 2 fully saturated rings. The summed E-state index contributed by atoms with van der Waals surface area (Å²) in [6, 6.07) is 9.10. The summed E-state index contributed by atoms with van der Waals surface area (Å²) < 4.78 is 5.27. The molecule has 132 valence electrons. The zero-order chi connectivity index (χ0) is 16.8. The maximum Gasteiger partial charge on any atom is 0.234 e. The van der Waals surface area contributed by atoms with Gasteiger partial charge in [0.1, 0.15) is 5.75 Å². The Bertz CT molecular complexity index is 523. The molecule has 1 aliphatic heterocycles.